The average molecular weight is 227 g/mol. The molecule has 0 aliphatic heterocycles. The van der Waals surface area contributed by atoms with E-state index in [1.54, 1.807) is 6.92 Å². The van der Waals surface area contributed by atoms with Gasteiger partial charge < -0.3 is 10.1 Å². The van der Waals surface area contributed by atoms with Crippen molar-refractivity contribution >= 4 is 11.9 Å². The molecule has 0 aromatic rings. The van der Waals surface area contributed by atoms with Crippen LogP contribution in [0.25, 0.3) is 0 Å². The molecular weight excluding hydrogens is 206 g/mol. The average Bonchev–Trinajstić information content (AvgIpc) is 2.14. The Labute approximate surface area is 97.4 Å². The molecule has 4 heteroatoms. The van der Waals surface area contributed by atoms with E-state index < -0.39 is 0 Å². The second kappa shape index (κ2) is 7.68. The molecule has 0 bridgehead atoms. The zero-order valence-corrected chi connectivity index (χ0v) is 10.7. The summed E-state index contributed by atoms with van der Waals surface area (Å²) >= 11 is 0. The summed E-state index contributed by atoms with van der Waals surface area (Å²) < 4.78 is 4.27. The molecule has 0 saturated carbocycles. The van der Waals surface area contributed by atoms with Gasteiger partial charge in [0.25, 0.3) is 0 Å². The van der Waals surface area contributed by atoms with Gasteiger partial charge in [-0.05, 0) is 33.8 Å². The van der Waals surface area contributed by atoms with Crippen molar-refractivity contribution < 1.29 is 14.3 Å². The Balaban J connectivity index is 0. The summed E-state index contributed by atoms with van der Waals surface area (Å²) in [4.78, 5) is 20.8. The molecule has 0 aromatic heterocycles. The van der Waals surface area contributed by atoms with Gasteiger partial charge in [-0.1, -0.05) is 13.2 Å². The van der Waals surface area contributed by atoms with Crippen molar-refractivity contribution in [3.05, 3.63) is 24.8 Å². The van der Waals surface area contributed by atoms with Gasteiger partial charge in [0.2, 0.25) is 5.91 Å². The Morgan fingerprint density at radius 3 is 1.81 bits per heavy atom. The third-order valence-electron chi connectivity index (χ3n) is 1.22. The van der Waals surface area contributed by atoms with Gasteiger partial charge in [-0.2, -0.15) is 0 Å². The van der Waals surface area contributed by atoms with E-state index in [1.165, 1.54) is 13.2 Å². The minimum Gasteiger partial charge on any atom is -0.466 e. The van der Waals surface area contributed by atoms with Crippen molar-refractivity contribution in [1.29, 1.82) is 0 Å². The van der Waals surface area contributed by atoms with Gasteiger partial charge >= 0.3 is 5.97 Å². The zero-order chi connectivity index (χ0) is 13.4. The highest BCUT2D eigenvalue weighted by molar-refractivity contribution is 5.87. The van der Waals surface area contributed by atoms with Crippen molar-refractivity contribution in [2.75, 3.05) is 7.11 Å². The molecule has 0 spiro atoms. The van der Waals surface area contributed by atoms with Crippen LogP contribution in [0.3, 0.4) is 0 Å². The van der Waals surface area contributed by atoms with Crippen LogP contribution >= 0.6 is 0 Å². The number of hydrogen-bond acceptors (Lipinski definition) is 3. The lowest BCUT2D eigenvalue weighted by Crippen LogP contribution is -2.39. The quantitative estimate of drug-likeness (QED) is 0.578. The molecule has 0 radical (unpaired) electrons. The maximum Gasteiger partial charge on any atom is 0.332 e. The zero-order valence-electron chi connectivity index (χ0n) is 10.7. The molecule has 0 aliphatic carbocycles. The maximum atomic E-state index is 10.6. The Morgan fingerprint density at radius 2 is 1.75 bits per heavy atom. The normalized spacial score (nSPS) is 9.31. The summed E-state index contributed by atoms with van der Waals surface area (Å²) in [5, 5.41) is 2.71. The van der Waals surface area contributed by atoms with Crippen LogP contribution in [0.5, 0.6) is 0 Å². The van der Waals surface area contributed by atoms with Crippen LogP contribution in [-0.4, -0.2) is 24.5 Å². The van der Waals surface area contributed by atoms with Crippen LogP contribution in [0, 0.1) is 0 Å². The molecule has 0 unspecified atom stereocenters. The fourth-order valence-corrected chi connectivity index (χ4v) is 0.595. The molecule has 1 amide bonds. The molecule has 16 heavy (non-hydrogen) atoms. The molecule has 4 nitrogen and oxygen atoms in total. The molecule has 0 saturated heterocycles. The van der Waals surface area contributed by atoms with Crippen LogP contribution < -0.4 is 5.32 Å². The van der Waals surface area contributed by atoms with Crippen molar-refractivity contribution in [3.63, 3.8) is 0 Å². The second-order valence-electron chi connectivity index (χ2n) is 4.22. The first-order valence-corrected chi connectivity index (χ1v) is 4.82. The number of methoxy groups -OCH3 is 1. The van der Waals surface area contributed by atoms with Crippen molar-refractivity contribution in [2.45, 2.75) is 33.2 Å². The predicted octanol–water partition coefficient (Wildman–Crippen LogP) is 1.82. The summed E-state index contributed by atoms with van der Waals surface area (Å²) in [6.45, 7) is 14.1. The van der Waals surface area contributed by atoms with Crippen LogP contribution in [0.4, 0.5) is 0 Å². The maximum absolute atomic E-state index is 10.6. The molecule has 0 rings (SSSR count). The van der Waals surface area contributed by atoms with Gasteiger partial charge in [0.05, 0.1) is 7.11 Å². The summed E-state index contributed by atoms with van der Waals surface area (Å²) in [7, 11) is 1.33. The van der Waals surface area contributed by atoms with Crippen LogP contribution in [0.15, 0.2) is 24.8 Å². The number of ether oxygens (including phenoxy) is 1. The van der Waals surface area contributed by atoms with Crippen molar-refractivity contribution in [1.82, 2.24) is 5.32 Å². The molecular formula is C12H21NO3. The van der Waals surface area contributed by atoms with Gasteiger partial charge in [-0.25, -0.2) is 4.79 Å². The van der Waals surface area contributed by atoms with E-state index in [2.05, 4.69) is 23.2 Å². The molecule has 0 aliphatic rings. The molecule has 0 fully saturated rings. The third-order valence-corrected chi connectivity index (χ3v) is 1.22. The molecule has 1 N–H and O–H groups in total. The summed E-state index contributed by atoms with van der Waals surface area (Å²) in [6.07, 6.45) is 1.27. The molecule has 0 heterocycles. The van der Waals surface area contributed by atoms with Crippen LogP contribution in [-0.2, 0) is 14.3 Å². The van der Waals surface area contributed by atoms with E-state index in [0.29, 0.717) is 5.57 Å². The van der Waals surface area contributed by atoms with E-state index in [-0.39, 0.29) is 17.4 Å². The standard InChI is InChI=1S/C7H13NO.C5H8O2/c1-5-6(9)8-7(2,3)4;1-4(2)5(6)7-3/h5H,1H2,2-4H3,(H,8,9);1H2,2-3H3. The van der Waals surface area contributed by atoms with Gasteiger partial charge in [-0.3, -0.25) is 4.79 Å². The number of nitrogens with one attached hydrogen (secondary N) is 1. The van der Waals surface area contributed by atoms with Crippen molar-refractivity contribution in [3.8, 4) is 0 Å². The Morgan fingerprint density at radius 1 is 1.31 bits per heavy atom. The molecule has 0 atom stereocenters. The third kappa shape index (κ3) is 12.4. The lowest BCUT2D eigenvalue weighted by Gasteiger charge is -2.18. The SMILES string of the molecule is C=C(C)C(=O)OC.C=CC(=O)NC(C)(C)C. The Bertz CT molecular complexity index is 274. The van der Waals surface area contributed by atoms with E-state index in [1.807, 2.05) is 20.8 Å². The van der Waals surface area contributed by atoms with Gasteiger partial charge in [0.1, 0.15) is 0 Å². The highest BCUT2D eigenvalue weighted by Crippen LogP contribution is 1.97. The van der Waals surface area contributed by atoms with Gasteiger partial charge in [-0.15, -0.1) is 0 Å². The Hall–Kier alpha value is -1.58. The highest BCUT2D eigenvalue weighted by Gasteiger charge is 2.10. The predicted molar refractivity (Wildman–Crippen MR) is 64.9 cm³/mol. The van der Waals surface area contributed by atoms with Gasteiger partial charge in [0, 0.05) is 11.1 Å². The monoisotopic (exact) mass is 227 g/mol. The summed E-state index contributed by atoms with van der Waals surface area (Å²) in [5.41, 5.74) is 0.285. The lowest BCUT2D eigenvalue weighted by atomic mass is 10.1. The minimum atomic E-state index is -0.347. The fourth-order valence-electron chi connectivity index (χ4n) is 0.595. The first kappa shape index (κ1) is 16.8. The fraction of sp³-hybridized carbons (Fsp3) is 0.500. The summed E-state index contributed by atoms with van der Waals surface area (Å²) in [5.74, 6) is -0.470. The number of carbonyl (C=O) groups excluding carboxylic acids is 2. The second-order valence-corrected chi connectivity index (χ2v) is 4.22. The molecule has 92 valence electrons. The number of hydrogen-bond donors (Lipinski definition) is 1. The smallest absolute Gasteiger partial charge is 0.332 e. The van der Waals surface area contributed by atoms with E-state index >= 15 is 0 Å². The van der Waals surface area contributed by atoms with E-state index in [0.717, 1.165) is 0 Å². The summed E-state index contributed by atoms with van der Waals surface area (Å²) in [6, 6.07) is 0. The first-order valence-electron chi connectivity index (χ1n) is 4.82. The molecule has 0 aromatic carbocycles. The number of carbonyl (C=O) groups is 2. The van der Waals surface area contributed by atoms with E-state index in [4.69, 9.17) is 0 Å². The number of amides is 1. The van der Waals surface area contributed by atoms with Gasteiger partial charge in [0.15, 0.2) is 0 Å². The van der Waals surface area contributed by atoms with Crippen LogP contribution in [0.1, 0.15) is 27.7 Å². The highest BCUT2D eigenvalue weighted by atomic mass is 16.5. The van der Waals surface area contributed by atoms with Crippen molar-refractivity contribution in [2.24, 2.45) is 0 Å². The lowest BCUT2D eigenvalue weighted by molar-refractivity contribution is -0.136. The largest absolute Gasteiger partial charge is 0.466 e. The minimum absolute atomic E-state index is 0.123. The number of esters is 1. The van der Waals surface area contributed by atoms with Crippen LogP contribution in [0.2, 0.25) is 0 Å². The topological polar surface area (TPSA) is 55.4 Å². The van der Waals surface area contributed by atoms with E-state index in [9.17, 15) is 9.59 Å². The Kier molecular flexibility index (Phi) is 8.08. The number of rotatable bonds is 2. The first-order chi connectivity index (χ1) is 7.14.